The van der Waals surface area contributed by atoms with Crippen molar-refractivity contribution in [3.05, 3.63) is 89.5 Å². The summed E-state index contributed by atoms with van der Waals surface area (Å²) in [6, 6.07) is 22.7. The summed E-state index contributed by atoms with van der Waals surface area (Å²) in [5.74, 6) is 1.15. The first-order valence-electron chi connectivity index (χ1n) is 10.1. The molecule has 1 N–H and O–H groups in total. The molecule has 0 aromatic heterocycles. The summed E-state index contributed by atoms with van der Waals surface area (Å²) in [7, 11) is 0. The van der Waals surface area contributed by atoms with E-state index < -0.39 is 0 Å². The molecule has 3 aromatic rings. The molecule has 0 aliphatic heterocycles. The van der Waals surface area contributed by atoms with Crippen molar-refractivity contribution >= 4 is 11.6 Å². The van der Waals surface area contributed by atoms with Gasteiger partial charge in [-0.25, -0.2) is 0 Å². The smallest absolute Gasteiger partial charge is 0.255 e. The molecule has 0 radical (unpaired) electrons. The summed E-state index contributed by atoms with van der Waals surface area (Å²) in [6.45, 7) is 5.75. The molecule has 0 spiro atoms. The third-order valence-corrected chi connectivity index (χ3v) is 4.43. The molecule has 0 atom stereocenters. The lowest BCUT2D eigenvalue weighted by Crippen LogP contribution is -2.14. The maximum absolute atomic E-state index is 12.8. The van der Waals surface area contributed by atoms with Crippen LogP contribution in [0.4, 0.5) is 5.69 Å². The van der Waals surface area contributed by atoms with Gasteiger partial charge in [0.25, 0.3) is 5.91 Å². The molecule has 3 aromatic carbocycles. The molecular weight excluding hydrogens is 378 g/mol. The number of hydrogen-bond donors (Lipinski definition) is 1. The van der Waals surface area contributed by atoms with Crippen molar-refractivity contribution < 1.29 is 19.0 Å². The van der Waals surface area contributed by atoms with Crippen LogP contribution >= 0.6 is 0 Å². The first-order valence-corrected chi connectivity index (χ1v) is 10.1. The quantitative estimate of drug-likeness (QED) is 0.487. The Bertz CT molecular complexity index is 956. The van der Waals surface area contributed by atoms with Crippen LogP contribution in [-0.2, 0) is 18.0 Å². The lowest BCUT2D eigenvalue weighted by atomic mass is 10.1. The minimum atomic E-state index is -0.213. The fourth-order valence-electron chi connectivity index (χ4n) is 3.03. The van der Waals surface area contributed by atoms with E-state index in [1.165, 1.54) is 0 Å². The molecule has 3 rings (SSSR count). The second-order valence-electron chi connectivity index (χ2n) is 6.62. The van der Waals surface area contributed by atoms with Gasteiger partial charge in [-0.15, -0.1) is 0 Å². The molecule has 0 saturated carbocycles. The molecule has 0 aliphatic rings. The average molecular weight is 405 g/mol. The predicted molar refractivity (Wildman–Crippen MR) is 118 cm³/mol. The number of carbonyl (C=O) groups is 1. The average Bonchev–Trinajstić information content (AvgIpc) is 2.77. The number of ether oxygens (including phenoxy) is 3. The van der Waals surface area contributed by atoms with Crippen LogP contribution < -0.4 is 14.8 Å². The van der Waals surface area contributed by atoms with Gasteiger partial charge in [0.1, 0.15) is 11.5 Å². The summed E-state index contributed by atoms with van der Waals surface area (Å²) < 4.78 is 17.2. The van der Waals surface area contributed by atoms with Crippen molar-refractivity contribution in [3.8, 4) is 11.5 Å². The maximum atomic E-state index is 12.8. The Morgan fingerprint density at radius 3 is 2.27 bits per heavy atom. The summed E-state index contributed by atoms with van der Waals surface area (Å²) in [4.78, 5) is 12.8. The summed E-state index contributed by atoms with van der Waals surface area (Å²) in [5, 5.41) is 2.93. The molecule has 0 saturated heterocycles. The van der Waals surface area contributed by atoms with Gasteiger partial charge in [-0.1, -0.05) is 42.5 Å². The van der Waals surface area contributed by atoms with Crippen LogP contribution in [-0.4, -0.2) is 19.1 Å². The van der Waals surface area contributed by atoms with Crippen molar-refractivity contribution in [2.45, 2.75) is 27.1 Å². The second kappa shape index (κ2) is 11.0. The van der Waals surface area contributed by atoms with Crippen LogP contribution in [0.2, 0.25) is 0 Å². The van der Waals surface area contributed by atoms with E-state index in [0.717, 1.165) is 16.9 Å². The molecule has 0 fully saturated rings. The third-order valence-electron chi connectivity index (χ3n) is 4.43. The van der Waals surface area contributed by atoms with Crippen molar-refractivity contribution in [2.24, 2.45) is 0 Å². The number of hydrogen-bond acceptors (Lipinski definition) is 4. The van der Waals surface area contributed by atoms with Crippen LogP contribution in [0.15, 0.2) is 72.8 Å². The van der Waals surface area contributed by atoms with E-state index in [9.17, 15) is 4.79 Å². The fourth-order valence-corrected chi connectivity index (χ4v) is 3.03. The number of benzene rings is 3. The van der Waals surface area contributed by atoms with Crippen LogP contribution in [0.5, 0.6) is 11.5 Å². The van der Waals surface area contributed by atoms with Crippen molar-refractivity contribution in [1.82, 2.24) is 0 Å². The van der Waals surface area contributed by atoms with E-state index in [4.69, 9.17) is 14.2 Å². The van der Waals surface area contributed by atoms with Crippen LogP contribution in [0, 0.1) is 0 Å². The van der Waals surface area contributed by atoms with E-state index in [1.54, 1.807) is 6.07 Å². The molecule has 5 nitrogen and oxygen atoms in total. The van der Waals surface area contributed by atoms with Gasteiger partial charge in [0, 0.05) is 11.1 Å². The summed E-state index contributed by atoms with van der Waals surface area (Å²) in [5.41, 5.74) is 3.10. The van der Waals surface area contributed by atoms with E-state index in [2.05, 4.69) is 5.32 Å². The Balaban J connectivity index is 1.73. The minimum Gasteiger partial charge on any atom is -0.494 e. The van der Waals surface area contributed by atoms with Gasteiger partial charge in [-0.05, 0) is 49.7 Å². The molecular formula is C25H27NO4. The topological polar surface area (TPSA) is 56.8 Å². The molecule has 30 heavy (non-hydrogen) atoms. The highest BCUT2D eigenvalue weighted by Gasteiger charge is 2.13. The number of amides is 1. The summed E-state index contributed by atoms with van der Waals surface area (Å²) >= 11 is 0. The standard InChI is InChI=1S/C25H27NO4/c1-3-29-23-15-14-20(16-21(23)18-28-17-19-10-6-5-7-11-19)25(27)26-22-12-8-9-13-24(22)30-4-2/h5-16H,3-4,17-18H2,1-2H3,(H,26,27). The third kappa shape index (κ3) is 5.84. The Kier molecular flexibility index (Phi) is 7.86. The van der Waals surface area contributed by atoms with Gasteiger partial charge in [0.15, 0.2) is 0 Å². The zero-order valence-electron chi connectivity index (χ0n) is 17.4. The molecule has 156 valence electrons. The van der Waals surface area contributed by atoms with Gasteiger partial charge < -0.3 is 19.5 Å². The fraction of sp³-hybridized carbons (Fsp3) is 0.240. The molecule has 0 bridgehead atoms. The Hall–Kier alpha value is -3.31. The van der Waals surface area contributed by atoms with Crippen molar-refractivity contribution in [1.29, 1.82) is 0 Å². The van der Waals surface area contributed by atoms with E-state index >= 15 is 0 Å². The van der Waals surface area contributed by atoms with Gasteiger partial charge >= 0.3 is 0 Å². The molecule has 1 amide bonds. The predicted octanol–water partition coefficient (Wildman–Crippen LogP) is 5.45. The van der Waals surface area contributed by atoms with E-state index in [0.29, 0.717) is 43.4 Å². The van der Waals surface area contributed by atoms with Crippen LogP contribution in [0.25, 0.3) is 0 Å². The van der Waals surface area contributed by atoms with Crippen molar-refractivity contribution in [3.63, 3.8) is 0 Å². The first-order chi connectivity index (χ1) is 14.7. The van der Waals surface area contributed by atoms with E-state index in [-0.39, 0.29) is 5.91 Å². The maximum Gasteiger partial charge on any atom is 0.255 e. The van der Waals surface area contributed by atoms with E-state index in [1.807, 2.05) is 80.6 Å². The lowest BCUT2D eigenvalue weighted by Gasteiger charge is -2.14. The number of nitrogens with one attached hydrogen (secondary N) is 1. The molecule has 0 unspecified atom stereocenters. The molecule has 0 heterocycles. The molecule has 5 heteroatoms. The highest BCUT2D eigenvalue weighted by Crippen LogP contribution is 2.26. The normalized spacial score (nSPS) is 10.5. The number of anilines is 1. The monoisotopic (exact) mass is 405 g/mol. The zero-order chi connectivity index (χ0) is 21.2. The molecule has 0 aliphatic carbocycles. The largest absolute Gasteiger partial charge is 0.494 e. The second-order valence-corrected chi connectivity index (χ2v) is 6.62. The lowest BCUT2D eigenvalue weighted by molar-refractivity contribution is 0.101. The Labute approximate surface area is 177 Å². The SMILES string of the molecule is CCOc1ccc(C(=O)Nc2ccccc2OCC)cc1COCc1ccccc1. The first kappa shape index (κ1) is 21.4. The highest BCUT2D eigenvalue weighted by molar-refractivity contribution is 6.05. The van der Waals surface area contributed by atoms with Gasteiger partial charge in [0.2, 0.25) is 0 Å². The number of para-hydroxylation sites is 2. The number of carbonyl (C=O) groups excluding carboxylic acids is 1. The van der Waals surface area contributed by atoms with Gasteiger partial charge in [-0.2, -0.15) is 0 Å². The van der Waals surface area contributed by atoms with Crippen molar-refractivity contribution in [2.75, 3.05) is 18.5 Å². The highest BCUT2D eigenvalue weighted by atomic mass is 16.5. The van der Waals surface area contributed by atoms with Gasteiger partial charge in [0.05, 0.1) is 32.1 Å². The van der Waals surface area contributed by atoms with Crippen LogP contribution in [0.1, 0.15) is 35.3 Å². The van der Waals surface area contributed by atoms with Crippen LogP contribution in [0.3, 0.4) is 0 Å². The summed E-state index contributed by atoms with van der Waals surface area (Å²) in [6.07, 6.45) is 0. The Morgan fingerprint density at radius 2 is 1.50 bits per heavy atom. The zero-order valence-corrected chi connectivity index (χ0v) is 17.4. The number of rotatable bonds is 10. The van der Waals surface area contributed by atoms with Gasteiger partial charge in [-0.3, -0.25) is 4.79 Å². The Morgan fingerprint density at radius 1 is 0.800 bits per heavy atom. The minimum absolute atomic E-state index is 0.213.